The molecule has 0 N–H and O–H groups in total. The summed E-state index contributed by atoms with van der Waals surface area (Å²) in [6, 6.07) is 9.58. The first-order chi connectivity index (χ1) is 14.0. The van der Waals surface area contributed by atoms with Crippen molar-refractivity contribution >= 4 is 32.6 Å². The Morgan fingerprint density at radius 2 is 1.72 bits per heavy atom. The highest BCUT2D eigenvalue weighted by Gasteiger charge is 2.26. The summed E-state index contributed by atoms with van der Waals surface area (Å²) >= 11 is 1.74. The van der Waals surface area contributed by atoms with Gasteiger partial charge in [0, 0.05) is 32.2 Å². The van der Waals surface area contributed by atoms with Crippen molar-refractivity contribution in [3.8, 4) is 11.5 Å². The third-order valence-corrected chi connectivity index (χ3v) is 6.66. The molecule has 1 saturated heterocycles. The molecule has 152 valence electrons. The Labute approximate surface area is 174 Å². The molecule has 0 spiro atoms. The second-order valence-electron chi connectivity index (χ2n) is 7.22. The molecule has 0 unspecified atom stereocenters. The minimum atomic E-state index is -0.0138. The van der Waals surface area contributed by atoms with E-state index in [1.165, 1.54) is 15.8 Å². The zero-order valence-electron chi connectivity index (χ0n) is 17.2. The molecule has 0 aliphatic carbocycles. The van der Waals surface area contributed by atoms with Crippen LogP contribution in [0, 0.1) is 13.8 Å². The molecule has 29 heavy (non-hydrogen) atoms. The van der Waals surface area contributed by atoms with Crippen LogP contribution in [0.15, 0.2) is 30.3 Å². The molecule has 4 rings (SSSR count). The number of anilines is 1. The quantitative estimate of drug-likeness (QED) is 0.652. The van der Waals surface area contributed by atoms with Gasteiger partial charge in [0.1, 0.15) is 11.5 Å². The Morgan fingerprint density at radius 3 is 2.38 bits per heavy atom. The lowest BCUT2D eigenvalue weighted by atomic mass is 10.1. The number of nitrogens with zero attached hydrogens (tertiary/aromatic N) is 3. The molecule has 2 heterocycles. The number of amides is 1. The number of aromatic nitrogens is 1. The van der Waals surface area contributed by atoms with Crippen molar-refractivity contribution in [3.63, 3.8) is 0 Å². The summed E-state index contributed by atoms with van der Waals surface area (Å²) in [5.74, 6) is 1.19. The lowest BCUT2D eigenvalue weighted by molar-refractivity contribution is 0.0743. The van der Waals surface area contributed by atoms with Crippen molar-refractivity contribution in [1.29, 1.82) is 0 Å². The third-order valence-electron chi connectivity index (χ3n) is 5.41. The monoisotopic (exact) mass is 411 g/mol. The Hall–Kier alpha value is -2.80. The van der Waals surface area contributed by atoms with Crippen LogP contribution in [0.4, 0.5) is 5.13 Å². The summed E-state index contributed by atoms with van der Waals surface area (Å²) in [7, 11) is 3.17. The average molecular weight is 412 g/mol. The first-order valence-electron chi connectivity index (χ1n) is 9.65. The highest BCUT2D eigenvalue weighted by molar-refractivity contribution is 7.22. The Balaban J connectivity index is 1.49. The van der Waals surface area contributed by atoms with Gasteiger partial charge in [-0.1, -0.05) is 23.5 Å². The van der Waals surface area contributed by atoms with E-state index in [1.54, 1.807) is 43.8 Å². The molecule has 2 aromatic carbocycles. The second kappa shape index (κ2) is 7.91. The van der Waals surface area contributed by atoms with Gasteiger partial charge >= 0.3 is 0 Å². The van der Waals surface area contributed by atoms with Crippen LogP contribution < -0.4 is 14.4 Å². The van der Waals surface area contributed by atoms with Crippen LogP contribution in [-0.4, -0.2) is 56.2 Å². The third kappa shape index (κ3) is 3.62. The summed E-state index contributed by atoms with van der Waals surface area (Å²) in [4.78, 5) is 22.1. The highest BCUT2D eigenvalue weighted by atomic mass is 32.1. The van der Waals surface area contributed by atoms with Crippen molar-refractivity contribution in [1.82, 2.24) is 9.88 Å². The van der Waals surface area contributed by atoms with Gasteiger partial charge in [-0.3, -0.25) is 4.79 Å². The van der Waals surface area contributed by atoms with E-state index in [4.69, 9.17) is 14.5 Å². The molecular weight excluding hydrogens is 386 g/mol. The summed E-state index contributed by atoms with van der Waals surface area (Å²) in [5, 5.41) is 1.03. The van der Waals surface area contributed by atoms with Crippen molar-refractivity contribution < 1.29 is 14.3 Å². The maximum atomic E-state index is 13.0. The van der Waals surface area contributed by atoms with Gasteiger partial charge in [0.25, 0.3) is 5.91 Å². The van der Waals surface area contributed by atoms with Gasteiger partial charge in [-0.05, 0) is 37.1 Å². The lowest BCUT2D eigenvalue weighted by Gasteiger charge is -2.34. The minimum absolute atomic E-state index is 0.0138. The predicted molar refractivity (Wildman–Crippen MR) is 117 cm³/mol. The highest BCUT2D eigenvalue weighted by Crippen LogP contribution is 2.33. The first kappa shape index (κ1) is 19.5. The van der Waals surface area contributed by atoms with Gasteiger partial charge in [0.05, 0.1) is 30.0 Å². The summed E-state index contributed by atoms with van der Waals surface area (Å²) in [5.41, 5.74) is 4.11. The maximum Gasteiger partial charge on any atom is 0.257 e. The number of carbonyl (C=O) groups is 1. The Bertz CT molecular complexity index is 1020. The molecule has 1 aliphatic rings. The SMILES string of the molecule is COc1ccc(C(=O)N2CCN(c3nc4c(C)ccc(C)c4s3)CC2)c(OC)c1. The van der Waals surface area contributed by atoms with E-state index >= 15 is 0 Å². The van der Waals surface area contributed by atoms with E-state index in [1.807, 2.05) is 4.90 Å². The van der Waals surface area contributed by atoms with E-state index in [2.05, 4.69) is 30.9 Å². The van der Waals surface area contributed by atoms with E-state index < -0.39 is 0 Å². The zero-order valence-corrected chi connectivity index (χ0v) is 18.0. The van der Waals surface area contributed by atoms with Gasteiger partial charge in [0.15, 0.2) is 5.13 Å². The summed E-state index contributed by atoms with van der Waals surface area (Å²) in [6.07, 6.45) is 0. The number of thiazole rings is 1. The number of ether oxygens (including phenoxy) is 2. The fourth-order valence-electron chi connectivity index (χ4n) is 3.63. The van der Waals surface area contributed by atoms with Gasteiger partial charge in [-0.2, -0.15) is 0 Å². The van der Waals surface area contributed by atoms with E-state index in [-0.39, 0.29) is 5.91 Å². The fourth-order valence-corrected chi connectivity index (χ4v) is 4.79. The summed E-state index contributed by atoms with van der Waals surface area (Å²) in [6.45, 7) is 7.07. The molecule has 0 atom stereocenters. The number of carbonyl (C=O) groups excluding carboxylic acids is 1. The lowest BCUT2D eigenvalue weighted by Crippen LogP contribution is -2.48. The average Bonchev–Trinajstić information content (AvgIpc) is 3.22. The molecule has 3 aromatic rings. The topological polar surface area (TPSA) is 54.9 Å². The van der Waals surface area contributed by atoms with Crippen LogP contribution in [0.1, 0.15) is 21.5 Å². The number of hydrogen-bond acceptors (Lipinski definition) is 6. The molecule has 0 radical (unpaired) electrons. The van der Waals surface area contributed by atoms with E-state index in [0.717, 1.165) is 23.7 Å². The number of benzene rings is 2. The number of piperazine rings is 1. The molecule has 1 aromatic heterocycles. The molecule has 7 heteroatoms. The molecule has 0 bridgehead atoms. The van der Waals surface area contributed by atoms with Gasteiger partial charge in [-0.15, -0.1) is 0 Å². The van der Waals surface area contributed by atoms with Gasteiger partial charge in [-0.25, -0.2) is 4.98 Å². The smallest absolute Gasteiger partial charge is 0.257 e. The van der Waals surface area contributed by atoms with Crippen molar-refractivity contribution in [2.24, 2.45) is 0 Å². The van der Waals surface area contributed by atoms with E-state index in [9.17, 15) is 4.79 Å². The van der Waals surface area contributed by atoms with Crippen molar-refractivity contribution in [2.45, 2.75) is 13.8 Å². The predicted octanol–water partition coefficient (Wildman–Crippen LogP) is 3.89. The van der Waals surface area contributed by atoms with Crippen LogP contribution in [0.3, 0.4) is 0 Å². The molecule has 1 fully saturated rings. The van der Waals surface area contributed by atoms with Crippen LogP contribution in [0.5, 0.6) is 11.5 Å². The standard InChI is InChI=1S/C22H25N3O3S/c1-14-5-6-15(2)20-19(14)23-22(29-20)25-11-9-24(10-12-25)21(26)17-8-7-16(27-3)13-18(17)28-4/h5-8,13H,9-12H2,1-4H3. The van der Waals surface area contributed by atoms with Gasteiger partial charge in [0.2, 0.25) is 0 Å². The van der Waals surface area contributed by atoms with Crippen LogP contribution >= 0.6 is 11.3 Å². The van der Waals surface area contributed by atoms with Crippen LogP contribution in [0.2, 0.25) is 0 Å². The number of rotatable bonds is 4. The van der Waals surface area contributed by atoms with E-state index in [0.29, 0.717) is 30.2 Å². The normalized spacial score (nSPS) is 14.3. The number of fused-ring (bicyclic) bond motifs is 1. The molecule has 6 nitrogen and oxygen atoms in total. The molecule has 1 amide bonds. The Kier molecular flexibility index (Phi) is 5.32. The molecule has 1 aliphatic heterocycles. The van der Waals surface area contributed by atoms with Gasteiger partial charge < -0.3 is 19.3 Å². The first-order valence-corrected chi connectivity index (χ1v) is 10.5. The number of aryl methyl sites for hydroxylation is 2. The van der Waals surface area contributed by atoms with Crippen LogP contribution in [-0.2, 0) is 0 Å². The molecular formula is C22H25N3O3S. The molecule has 0 saturated carbocycles. The maximum absolute atomic E-state index is 13.0. The number of methoxy groups -OCH3 is 2. The summed E-state index contributed by atoms with van der Waals surface area (Å²) < 4.78 is 11.9. The van der Waals surface area contributed by atoms with Crippen molar-refractivity contribution in [2.75, 3.05) is 45.3 Å². The number of hydrogen-bond donors (Lipinski definition) is 0. The second-order valence-corrected chi connectivity index (χ2v) is 8.20. The zero-order chi connectivity index (χ0) is 20.5. The van der Waals surface area contributed by atoms with Crippen LogP contribution in [0.25, 0.3) is 10.2 Å². The fraction of sp³-hybridized carbons (Fsp3) is 0.364. The Morgan fingerprint density at radius 1 is 1.00 bits per heavy atom. The minimum Gasteiger partial charge on any atom is -0.497 e. The largest absolute Gasteiger partial charge is 0.497 e. The van der Waals surface area contributed by atoms with Crippen molar-refractivity contribution in [3.05, 3.63) is 47.0 Å².